The molecule has 0 bridgehead atoms. The van der Waals surface area contributed by atoms with Gasteiger partial charge in [-0.2, -0.15) is 0 Å². The van der Waals surface area contributed by atoms with Crippen molar-refractivity contribution in [2.24, 2.45) is 5.92 Å². The fourth-order valence-electron chi connectivity index (χ4n) is 5.11. The fraction of sp³-hybridized carbons (Fsp3) is 0.296. The summed E-state index contributed by atoms with van der Waals surface area (Å²) in [7, 11) is 0. The number of aliphatic carboxylic acids is 1. The summed E-state index contributed by atoms with van der Waals surface area (Å²) in [6.45, 7) is 2.15. The predicted octanol–water partition coefficient (Wildman–Crippen LogP) is 5.40. The van der Waals surface area contributed by atoms with Crippen molar-refractivity contribution in [2.75, 3.05) is 11.5 Å². The number of aryl methyl sites for hydroxylation is 1. The number of ether oxygens (including phenoxy) is 1. The highest BCUT2D eigenvalue weighted by molar-refractivity contribution is 5.88. The van der Waals surface area contributed by atoms with E-state index in [-0.39, 0.29) is 18.6 Å². The van der Waals surface area contributed by atoms with Crippen molar-refractivity contribution in [3.63, 3.8) is 0 Å². The molecule has 0 aliphatic heterocycles. The molecule has 33 heavy (non-hydrogen) atoms. The van der Waals surface area contributed by atoms with Gasteiger partial charge in [0.25, 0.3) is 0 Å². The molecule has 1 aromatic heterocycles. The number of carbonyl (C=O) groups excluding carboxylic acids is 1. The summed E-state index contributed by atoms with van der Waals surface area (Å²) in [5.41, 5.74) is 5.63. The second kappa shape index (κ2) is 8.70. The highest BCUT2D eigenvalue weighted by Gasteiger charge is 2.38. The molecule has 2 aromatic carbocycles. The molecule has 168 valence electrons. The van der Waals surface area contributed by atoms with E-state index in [0.717, 1.165) is 16.7 Å². The first-order valence-electron chi connectivity index (χ1n) is 11.3. The maximum atomic E-state index is 13.4. The zero-order valence-corrected chi connectivity index (χ0v) is 18.5. The number of hydrogen-bond donors (Lipinski definition) is 1. The zero-order valence-electron chi connectivity index (χ0n) is 18.5. The molecule has 3 aromatic rings. The van der Waals surface area contributed by atoms with Crippen LogP contribution in [0.2, 0.25) is 0 Å². The minimum Gasteiger partial charge on any atom is -0.481 e. The predicted molar refractivity (Wildman–Crippen MR) is 125 cm³/mol. The van der Waals surface area contributed by atoms with Crippen LogP contribution < -0.4 is 4.90 Å². The Labute approximate surface area is 192 Å². The first-order chi connectivity index (χ1) is 16.0. The van der Waals surface area contributed by atoms with Gasteiger partial charge < -0.3 is 9.84 Å². The molecule has 1 fully saturated rings. The normalized spacial score (nSPS) is 19.1. The minimum absolute atomic E-state index is 0.0375. The van der Waals surface area contributed by atoms with Crippen molar-refractivity contribution in [3.8, 4) is 11.1 Å². The average Bonchev–Trinajstić information content (AvgIpc) is 3.43. The summed E-state index contributed by atoms with van der Waals surface area (Å²) in [4.78, 5) is 30.9. The zero-order chi connectivity index (χ0) is 22.9. The molecule has 0 radical (unpaired) electrons. The van der Waals surface area contributed by atoms with Crippen LogP contribution in [0.5, 0.6) is 0 Å². The number of pyridine rings is 1. The number of carboxylic acid groups (broad SMARTS) is 1. The lowest BCUT2D eigenvalue weighted by Crippen LogP contribution is -2.41. The largest absolute Gasteiger partial charge is 0.481 e. The van der Waals surface area contributed by atoms with Crippen LogP contribution in [-0.4, -0.2) is 34.8 Å². The Morgan fingerprint density at radius 3 is 2.24 bits per heavy atom. The van der Waals surface area contributed by atoms with E-state index in [9.17, 15) is 14.7 Å². The van der Waals surface area contributed by atoms with E-state index < -0.39 is 18.0 Å². The van der Waals surface area contributed by atoms with E-state index in [2.05, 4.69) is 29.2 Å². The topological polar surface area (TPSA) is 79.7 Å². The second-order valence-electron chi connectivity index (χ2n) is 8.87. The van der Waals surface area contributed by atoms with Crippen LogP contribution in [0.15, 0.2) is 66.9 Å². The van der Waals surface area contributed by atoms with Crippen LogP contribution in [0, 0.1) is 12.8 Å². The third-order valence-corrected chi connectivity index (χ3v) is 6.79. The molecule has 1 N–H and O–H groups in total. The molecular formula is C27H26N2O4. The molecule has 6 heteroatoms. The van der Waals surface area contributed by atoms with Gasteiger partial charge in [0.1, 0.15) is 12.4 Å². The number of carbonyl (C=O) groups is 2. The molecule has 1 amide bonds. The maximum absolute atomic E-state index is 13.4. The van der Waals surface area contributed by atoms with Gasteiger partial charge in [-0.1, -0.05) is 54.6 Å². The maximum Gasteiger partial charge on any atom is 0.415 e. The molecule has 0 saturated heterocycles. The highest BCUT2D eigenvalue weighted by atomic mass is 16.6. The summed E-state index contributed by atoms with van der Waals surface area (Å²) in [5, 5.41) is 9.44. The molecule has 0 unspecified atom stereocenters. The highest BCUT2D eigenvalue weighted by Crippen LogP contribution is 2.44. The van der Waals surface area contributed by atoms with E-state index in [4.69, 9.17) is 4.74 Å². The lowest BCUT2D eigenvalue weighted by molar-refractivity contribution is -0.141. The summed E-state index contributed by atoms with van der Waals surface area (Å²) in [6, 6.07) is 19.9. The van der Waals surface area contributed by atoms with Crippen LogP contribution in [0.25, 0.3) is 11.1 Å². The fourth-order valence-corrected chi connectivity index (χ4v) is 5.11. The Morgan fingerprint density at radius 1 is 1.00 bits per heavy atom. The van der Waals surface area contributed by atoms with Crippen molar-refractivity contribution < 1.29 is 19.4 Å². The number of fused-ring (bicyclic) bond motifs is 3. The van der Waals surface area contributed by atoms with Crippen LogP contribution in [0.3, 0.4) is 0 Å². The van der Waals surface area contributed by atoms with E-state index in [1.165, 1.54) is 11.1 Å². The molecule has 5 rings (SSSR count). The Hall–Kier alpha value is -3.67. The van der Waals surface area contributed by atoms with E-state index >= 15 is 0 Å². The van der Waals surface area contributed by atoms with Gasteiger partial charge in [0, 0.05) is 18.2 Å². The van der Waals surface area contributed by atoms with E-state index in [1.807, 2.05) is 37.3 Å². The van der Waals surface area contributed by atoms with E-state index in [1.54, 1.807) is 17.2 Å². The van der Waals surface area contributed by atoms with Crippen molar-refractivity contribution in [3.05, 3.63) is 83.6 Å². The average molecular weight is 443 g/mol. The third-order valence-electron chi connectivity index (χ3n) is 6.79. The Bertz CT molecular complexity index is 1150. The summed E-state index contributed by atoms with van der Waals surface area (Å²) in [6.07, 6.45) is 2.78. The monoisotopic (exact) mass is 442 g/mol. The number of hydrogen-bond acceptors (Lipinski definition) is 4. The van der Waals surface area contributed by atoms with Gasteiger partial charge in [-0.05, 0) is 60.1 Å². The van der Waals surface area contributed by atoms with Gasteiger partial charge in [0.05, 0.1) is 5.92 Å². The number of carboxylic acids is 1. The summed E-state index contributed by atoms with van der Waals surface area (Å²) < 4.78 is 5.89. The van der Waals surface area contributed by atoms with Crippen molar-refractivity contribution >= 4 is 17.9 Å². The first-order valence-corrected chi connectivity index (χ1v) is 11.3. The van der Waals surface area contributed by atoms with E-state index in [0.29, 0.717) is 25.1 Å². The molecule has 2 aliphatic rings. The standard InChI is InChI=1S/C27H26N2O4/c1-17-10-13-25(28-15-17)29(19-12-11-18(14-19)26(30)31)27(32)33-16-24-22-8-4-2-6-20(22)21-7-3-5-9-23(21)24/h2-10,13,15,18-19,24H,11-12,14,16H2,1H3,(H,30,31)/t18-,19+/m1/s1. The Morgan fingerprint density at radius 2 is 1.67 bits per heavy atom. The van der Waals surface area contributed by atoms with Gasteiger partial charge in [-0.15, -0.1) is 0 Å². The van der Waals surface area contributed by atoms with Crippen LogP contribution in [0.4, 0.5) is 10.6 Å². The van der Waals surface area contributed by atoms with Gasteiger partial charge in [-0.3, -0.25) is 9.69 Å². The third kappa shape index (κ3) is 3.97. The lowest BCUT2D eigenvalue weighted by Gasteiger charge is -2.28. The van der Waals surface area contributed by atoms with Crippen LogP contribution in [0.1, 0.15) is 41.9 Å². The second-order valence-corrected chi connectivity index (χ2v) is 8.87. The summed E-state index contributed by atoms with van der Waals surface area (Å²) >= 11 is 0. The lowest BCUT2D eigenvalue weighted by atomic mass is 9.98. The Kier molecular flexibility index (Phi) is 5.58. The Balaban J connectivity index is 1.39. The van der Waals surface area contributed by atoms with Gasteiger partial charge in [0.15, 0.2) is 0 Å². The van der Waals surface area contributed by atoms with Gasteiger partial charge in [-0.25, -0.2) is 9.78 Å². The molecule has 1 heterocycles. The number of amides is 1. The number of aromatic nitrogens is 1. The summed E-state index contributed by atoms with van der Waals surface area (Å²) in [5.74, 6) is -0.815. The molecule has 2 aliphatic carbocycles. The van der Waals surface area contributed by atoms with Gasteiger partial charge in [0.2, 0.25) is 0 Å². The van der Waals surface area contributed by atoms with Crippen molar-refractivity contribution in [2.45, 2.75) is 38.1 Å². The van der Waals surface area contributed by atoms with Crippen molar-refractivity contribution in [1.29, 1.82) is 0 Å². The van der Waals surface area contributed by atoms with Gasteiger partial charge >= 0.3 is 12.1 Å². The molecule has 2 atom stereocenters. The SMILES string of the molecule is Cc1ccc(N(C(=O)OCC2c3ccccc3-c3ccccc32)[C@H]2CC[C@@H](C(=O)O)C2)nc1. The smallest absolute Gasteiger partial charge is 0.415 e. The number of rotatable bonds is 5. The minimum atomic E-state index is -0.818. The van der Waals surface area contributed by atoms with Crippen LogP contribution in [-0.2, 0) is 9.53 Å². The van der Waals surface area contributed by atoms with Crippen molar-refractivity contribution in [1.82, 2.24) is 4.98 Å². The molecule has 1 saturated carbocycles. The first kappa shape index (κ1) is 21.2. The number of benzene rings is 2. The number of nitrogens with zero attached hydrogens (tertiary/aromatic N) is 2. The molecule has 6 nitrogen and oxygen atoms in total. The molecule has 0 spiro atoms. The quantitative estimate of drug-likeness (QED) is 0.572. The molecular weight excluding hydrogens is 416 g/mol. The number of anilines is 1. The van der Waals surface area contributed by atoms with Crippen LogP contribution >= 0.6 is 0 Å².